The van der Waals surface area contributed by atoms with Crippen LogP contribution in [0.1, 0.15) is 41.0 Å². The average Bonchev–Trinajstić information content (AvgIpc) is 2.65. The number of carbonyl (C=O) groups is 2. The smallest absolute Gasteiger partial charge is 0.282 e. The number of nitrogens with one attached hydrogen (secondary N) is 2. The SMILES string of the molecule is CCC(C)Oc1cccc(C(=O)NNC(=O)c2ccccc2[N+](=O)[O-])c1. The molecule has 2 N–H and O–H groups in total. The Morgan fingerprint density at radius 3 is 2.50 bits per heavy atom. The van der Waals surface area contributed by atoms with Crippen LogP contribution in [0.25, 0.3) is 0 Å². The maximum Gasteiger partial charge on any atom is 0.282 e. The van der Waals surface area contributed by atoms with E-state index in [4.69, 9.17) is 4.74 Å². The van der Waals surface area contributed by atoms with Gasteiger partial charge in [-0.2, -0.15) is 0 Å². The van der Waals surface area contributed by atoms with Gasteiger partial charge in [-0.3, -0.25) is 30.6 Å². The molecule has 8 heteroatoms. The Kier molecular flexibility index (Phi) is 6.26. The van der Waals surface area contributed by atoms with Gasteiger partial charge in [0.05, 0.1) is 11.0 Å². The molecule has 0 spiro atoms. The van der Waals surface area contributed by atoms with E-state index in [1.807, 2.05) is 13.8 Å². The van der Waals surface area contributed by atoms with Gasteiger partial charge in [-0.25, -0.2) is 0 Å². The number of amides is 2. The molecule has 2 aromatic carbocycles. The van der Waals surface area contributed by atoms with Crippen molar-refractivity contribution in [1.29, 1.82) is 0 Å². The Morgan fingerprint density at radius 1 is 1.12 bits per heavy atom. The van der Waals surface area contributed by atoms with Gasteiger partial charge in [0, 0.05) is 11.6 Å². The Hall–Kier alpha value is -3.42. The molecule has 8 nitrogen and oxygen atoms in total. The van der Waals surface area contributed by atoms with Crippen molar-refractivity contribution in [3.8, 4) is 5.75 Å². The first-order chi connectivity index (χ1) is 12.4. The van der Waals surface area contributed by atoms with Crippen LogP contribution in [-0.2, 0) is 0 Å². The predicted molar refractivity (Wildman–Crippen MR) is 94.9 cm³/mol. The molecule has 0 saturated heterocycles. The van der Waals surface area contributed by atoms with Crippen molar-refractivity contribution < 1.29 is 19.2 Å². The third kappa shape index (κ3) is 4.79. The van der Waals surface area contributed by atoms with Gasteiger partial charge in [-0.1, -0.05) is 25.1 Å². The minimum atomic E-state index is -0.780. The molecular formula is C18H19N3O5. The van der Waals surface area contributed by atoms with Gasteiger partial charge in [-0.15, -0.1) is 0 Å². The number of rotatable bonds is 6. The number of hydrogen-bond acceptors (Lipinski definition) is 5. The largest absolute Gasteiger partial charge is 0.491 e. The number of carbonyl (C=O) groups excluding carboxylic acids is 2. The highest BCUT2D eigenvalue weighted by Crippen LogP contribution is 2.17. The first-order valence-corrected chi connectivity index (χ1v) is 8.03. The van der Waals surface area contributed by atoms with E-state index in [1.165, 1.54) is 24.3 Å². The number of hydrazine groups is 1. The number of hydrogen-bond donors (Lipinski definition) is 2. The molecule has 0 radical (unpaired) electrons. The molecule has 0 saturated carbocycles. The molecule has 1 unspecified atom stereocenters. The highest BCUT2D eigenvalue weighted by molar-refractivity contribution is 6.01. The third-order valence-corrected chi connectivity index (χ3v) is 3.64. The number of nitro groups is 1. The van der Waals surface area contributed by atoms with Crippen molar-refractivity contribution in [3.05, 3.63) is 69.8 Å². The molecule has 0 aliphatic heterocycles. The highest BCUT2D eigenvalue weighted by Gasteiger charge is 2.19. The Bertz CT molecular complexity index is 822. The van der Waals surface area contributed by atoms with E-state index < -0.39 is 16.7 Å². The van der Waals surface area contributed by atoms with Crippen molar-refractivity contribution in [2.75, 3.05) is 0 Å². The maximum absolute atomic E-state index is 12.2. The van der Waals surface area contributed by atoms with Crippen molar-refractivity contribution in [3.63, 3.8) is 0 Å². The maximum atomic E-state index is 12.2. The van der Waals surface area contributed by atoms with Gasteiger partial charge in [0.2, 0.25) is 0 Å². The van der Waals surface area contributed by atoms with Gasteiger partial charge in [0.25, 0.3) is 17.5 Å². The van der Waals surface area contributed by atoms with Gasteiger partial charge in [-0.05, 0) is 37.6 Å². The van der Waals surface area contributed by atoms with E-state index in [1.54, 1.807) is 24.3 Å². The van der Waals surface area contributed by atoms with E-state index in [0.717, 1.165) is 6.42 Å². The summed E-state index contributed by atoms with van der Waals surface area (Å²) < 4.78 is 5.65. The molecule has 0 fully saturated rings. The van der Waals surface area contributed by atoms with Gasteiger partial charge >= 0.3 is 0 Å². The number of benzene rings is 2. The first kappa shape index (κ1) is 18.9. The second-order valence-corrected chi connectivity index (χ2v) is 5.55. The molecule has 0 aliphatic rings. The molecule has 1 atom stereocenters. The minimum Gasteiger partial charge on any atom is -0.491 e. The summed E-state index contributed by atoms with van der Waals surface area (Å²) in [6, 6.07) is 12.0. The molecule has 0 aromatic heterocycles. The number of nitro benzene ring substituents is 1. The average molecular weight is 357 g/mol. The fraction of sp³-hybridized carbons (Fsp3) is 0.222. The lowest BCUT2D eigenvalue weighted by Crippen LogP contribution is -2.41. The summed E-state index contributed by atoms with van der Waals surface area (Å²) in [6.45, 7) is 3.90. The fourth-order valence-electron chi connectivity index (χ4n) is 2.10. The van der Waals surface area contributed by atoms with Crippen LogP contribution in [0, 0.1) is 10.1 Å². The topological polar surface area (TPSA) is 111 Å². The van der Waals surface area contributed by atoms with Gasteiger partial charge < -0.3 is 4.74 Å². The molecular weight excluding hydrogens is 338 g/mol. The normalized spacial score (nSPS) is 11.3. The fourth-order valence-corrected chi connectivity index (χ4v) is 2.10. The zero-order valence-electron chi connectivity index (χ0n) is 14.4. The molecule has 26 heavy (non-hydrogen) atoms. The van der Waals surface area contributed by atoms with Crippen LogP contribution >= 0.6 is 0 Å². The van der Waals surface area contributed by atoms with Crippen molar-refractivity contribution in [1.82, 2.24) is 10.9 Å². The summed E-state index contributed by atoms with van der Waals surface area (Å²) in [7, 11) is 0. The summed E-state index contributed by atoms with van der Waals surface area (Å²) in [5, 5.41) is 11.0. The van der Waals surface area contributed by atoms with E-state index in [2.05, 4.69) is 10.9 Å². The summed E-state index contributed by atoms with van der Waals surface area (Å²) in [5.41, 5.74) is 4.22. The van der Waals surface area contributed by atoms with Gasteiger partial charge in [0.15, 0.2) is 0 Å². The summed E-state index contributed by atoms with van der Waals surface area (Å²) in [4.78, 5) is 34.6. The summed E-state index contributed by atoms with van der Waals surface area (Å²) >= 11 is 0. The van der Waals surface area contributed by atoms with Crippen molar-refractivity contribution >= 4 is 17.5 Å². The summed E-state index contributed by atoms with van der Waals surface area (Å²) in [6.07, 6.45) is 0.828. The summed E-state index contributed by atoms with van der Waals surface area (Å²) in [5.74, 6) is -0.804. The molecule has 0 heterocycles. The molecule has 2 rings (SSSR count). The lowest BCUT2D eigenvalue weighted by molar-refractivity contribution is -0.385. The zero-order chi connectivity index (χ0) is 19.1. The van der Waals surface area contributed by atoms with Gasteiger partial charge in [0.1, 0.15) is 11.3 Å². The Morgan fingerprint density at radius 2 is 1.81 bits per heavy atom. The second-order valence-electron chi connectivity index (χ2n) is 5.55. The van der Waals surface area contributed by atoms with Crippen molar-refractivity contribution in [2.24, 2.45) is 0 Å². The zero-order valence-corrected chi connectivity index (χ0v) is 14.4. The number of ether oxygens (including phenoxy) is 1. The molecule has 136 valence electrons. The predicted octanol–water partition coefficient (Wildman–Crippen LogP) is 2.85. The van der Waals surface area contributed by atoms with E-state index in [9.17, 15) is 19.7 Å². The molecule has 2 amide bonds. The number of nitrogens with zero attached hydrogens (tertiary/aromatic N) is 1. The van der Waals surface area contributed by atoms with Crippen LogP contribution < -0.4 is 15.6 Å². The van der Waals surface area contributed by atoms with Crippen LogP contribution in [0.4, 0.5) is 5.69 Å². The minimum absolute atomic E-state index is 0.00615. The standard InChI is InChI=1S/C18H19N3O5/c1-3-12(2)26-14-8-6-7-13(11-14)17(22)19-20-18(23)15-9-4-5-10-16(15)21(24)25/h4-12H,3H2,1-2H3,(H,19,22)(H,20,23). The lowest BCUT2D eigenvalue weighted by Gasteiger charge is -2.13. The molecule has 0 bridgehead atoms. The van der Waals surface area contributed by atoms with Crippen molar-refractivity contribution in [2.45, 2.75) is 26.4 Å². The quantitative estimate of drug-likeness (QED) is 0.610. The van der Waals surface area contributed by atoms with Crippen LogP contribution in [0.2, 0.25) is 0 Å². The molecule has 2 aromatic rings. The van der Waals surface area contributed by atoms with Crippen LogP contribution in [0.15, 0.2) is 48.5 Å². The van der Waals surface area contributed by atoms with E-state index >= 15 is 0 Å². The Balaban J connectivity index is 2.04. The third-order valence-electron chi connectivity index (χ3n) is 3.64. The second kappa shape index (κ2) is 8.61. The van der Waals surface area contributed by atoms with Crippen LogP contribution in [-0.4, -0.2) is 22.8 Å². The monoisotopic (exact) mass is 357 g/mol. The van der Waals surface area contributed by atoms with E-state index in [-0.39, 0.29) is 22.9 Å². The number of para-hydroxylation sites is 1. The highest BCUT2D eigenvalue weighted by atomic mass is 16.6. The van der Waals surface area contributed by atoms with Crippen LogP contribution in [0.5, 0.6) is 5.75 Å². The van der Waals surface area contributed by atoms with Crippen LogP contribution in [0.3, 0.4) is 0 Å². The molecule has 0 aliphatic carbocycles. The Labute approximate surface area is 150 Å². The van der Waals surface area contributed by atoms with E-state index in [0.29, 0.717) is 5.75 Å². The lowest BCUT2D eigenvalue weighted by atomic mass is 10.1. The first-order valence-electron chi connectivity index (χ1n) is 8.03.